The zero-order valence-corrected chi connectivity index (χ0v) is 11.7. The minimum Gasteiger partial charge on any atom is -0.503 e. The summed E-state index contributed by atoms with van der Waals surface area (Å²) in [6.07, 6.45) is 3.25. The normalized spacial score (nSPS) is 10.6. The third-order valence-corrected chi connectivity index (χ3v) is 3.03. The summed E-state index contributed by atoms with van der Waals surface area (Å²) >= 11 is 0. The van der Waals surface area contributed by atoms with Crippen molar-refractivity contribution in [3.05, 3.63) is 54.4 Å². The quantitative estimate of drug-likeness (QED) is 0.839. The summed E-state index contributed by atoms with van der Waals surface area (Å²) in [6.45, 7) is 4.43. The monoisotopic (exact) mass is 271 g/mol. The van der Waals surface area contributed by atoms with E-state index in [-0.39, 0.29) is 18.2 Å². The maximum absolute atomic E-state index is 11.9. The Balaban J connectivity index is 1.97. The van der Waals surface area contributed by atoms with Crippen molar-refractivity contribution in [2.45, 2.75) is 26.3 Å². The lowest BCUT2D eigenvalue weighted by molar-refractivity contribution is -0.684. The molecule has 1 aromatic heterocycles. The van der Waals surface area contributed by atoms with Crippen LogP contribution in [-0.4, -0.2) is 11.0 Å². The van der Waals surface area contributed by atoms with Gasteiger partial charge in [0.25, 0.3) is 5.91 Å². The van der Waals surface area contributed by atoms with E-state index in [4.69, 9.17) is 0 Å². The Kier molecular flexibility index (Phi) is 4.35. The smallest absolute Gasteiger partial charge is 0.290 e. The molecule has 2 N–H and O–H groups in total. The zero-order valence-electron chi connectivity index (χ0n) is 11.7. The van der Waals surface area contributed by atoms with Gasteiger partial charge in [-0.2, -0.15) is 4.57 Å². The van der Waals surface area contributed by atoms with Crippen LogP contribution in [0.3, 0.4) is 0 Å². The van der Waals surface area contributed by atoms with Gasteiger partial charge in [-0.05, 0) is 29.7 Å². The Morgan fingerprint density at radius 2 is 1.95 bits per heavy atom. The molecule has 0 saturated heterocycles. The van der Waals surface area contributed by atoms with Crippen LogP contribution in [0.1, 0.15) is 25.3 Å². The standard InChI is InChI=1S/C16H18N2O2/c1-12(2)13-5-7-14(8-6-13)17-16(20)11-18-9-3-4-15(19)10-18/h3-10,12H,11H2,1-2H3,(H-,17,19,20)/p+1. The van der Waals surface area contributed by atoms with Crippen LogP contribution in [0.5, 0.6) is 5.75 Å². The topological polar surface area (TPSA) is 53.2 Å². The van der Waals surface area contributed by atoms with Crippen molar-refractivity contribution in [3.8, 4) is 5.75 Å². The Morgan fingerprint density at radius 1 is 1.25 bits per heavy atom. The summed E-state index contributed by atoms with van der Waals surface area (Å²) in [5.41, 5.74) is 2.02. The van der Waals surface area contributed by atoms with Crippen LogP contribution >= 0.6 is 0 Å². The van der Waals surface area contributed by atoms with Gasteiger partial charge in [0.05, 0.1) is 0 Å². The molecule has 0 atom stereocenters. The van der Waals surface area contributed by atoms with Crippen molar-refractivity contribution in [2.24, 2.45) is 0 Å². The van der Waals surface area contributed by atoms with Gasteiger partial charge in [0, 0.05) is 11.8 Å². The SMILES string of the molecule is CC(C)c1ccc(NC(=O)C[n+]2cccc(O)c2)cc1. The first-order valence-corrected chi connectivity index (χ1v) is 6.62. The Hall–Kier alpha value is -2.36. The molecule has 1 heterocycles. The molecule has 0 fully saturated rings. The second-order valence-electron chi connectivity index (χ2n) is 5.06. The average molecular weight is 271 g/mol. The Bertz CT molecular complexity index is 592. The summed E-state index contributed by atoms with van der Waals surface area (Å²) < 4.78 is 1.63. The maximum atomic E-state index is 11.9. The van der Waals surface area contributed by atoms with Gasteiger partial charge >= 0.3 is 0 Å². The highest BCUT2D eigenvalue weighted by atomic mass is 16.3. The van der Waals surface area contributed by atoms with Gasteiger partial charge in [-0.15, -0.1) is 0 Å². The Labute approximate surface area is 118 Å². The number of carbonyl (C=O) groups is 1. The fourth-order valence-corrected chi connectivity index (χ4v) is 1.92. The number of rotatable bonds is 4. The molecular formula is C16H19N2O2+. The van der Waals surface area contributed by atoms with Gasteiger partial charge in [-0.1, -0.05) is 26.0 Å². The van der Waals surface area contributed by atoms with Crippen LogP contribution in [0.2, 0.25) is 0 Å². The highest BCUT2D eigenvalue weighted by Gasteiger charge is 2.10. The van der Waals surface area contributed by atoms with E-state index >= 15 is 0 Å². The third kappa shape index (κ3) is 3.82. The van der Waals surface area contributed by atoms with E-state index in [1.54, 1.807) is 22.9 Å². The number of pyridine rings is 1. The minimum absolute atomic E-state index is 0.127. The van der Waals surface area contributed by atoms with Gasteiger partial charge in [0.15, 0.2) is 11.9 Å². The van der Waals surface area contributed by atoms with Crippen molar-refractivity contribution >= 4 is 11.6 Å². The highest BCUT2D eigenvalue weighted by molar-refractivity contribution is 5.89. The van der Waals surface area contributed by atoms with E-state index in [1.807, 2.05) is 24.3 Å². The van der Waals surface area contributed by atoms with Crippen LogP contribution in [0.15, 0.2) is 48.8 Å². The first-order chi connectivity index (χ1) is 9.54. The van der Waals surface area contributed by atoms with Crippen LogP contribution in [0, 0.1) is 0 Å². The molecule has 104 valence electrons. The molecule has 0 aliphatic heterocycles. The molecule has 0 radical (unpaired) electrons. The molecule has 4 nitrogen and oxygen atoms in total. The third-order valence-electron chi connectivity index (χ3n) is 3.03. The number of aromatic hydroxyl groups is 1. The highest BCUT2D eigenvalue weighted by Crippen LogP contribution is 2.16. The zero-order chi connectivity index (χ0) is 14.5. The lowest BCUT2D eigenvalue weighted by Crippen LogP contribution is -2.39. The van der Waals surface area contributed by atoms with E-state index < -0.39 is 0 Å². The van der Waals surface area contributed by atoms with E-state index in [1.165, 1.54) is 11.8 Å². The van der Waals surface area contributed by atoms with Crippen LogP contribution in [0.25, 0.3) is 0 Å². The van der Waals surface area contributed by atoms with E-state index in [0.717, 1.165) is 5.69 Å². The van der Waals surface area contributed by atoms with Gasteiger partial charge in [0.2, 0.25) is 12.7 Å². The van der Waals surface area contributed by atoms with Gasteiger partial charge < -0.3 is 10.4 Å². The summed E-state index contributed by atoms with van der Waals surface area (Å²) in [6, 6.07) is 11.1. The maximum Gasteiger partial charge on any atom is 0.290 e. The fourth-order valence-electron chi connectivity index (χ4n) is 1.92. The number of benzene rings is 1. The lowest BCUT2D eigenvalue weighted by Gasteiger charge is -2.07. The molecule has 1 amide bonds. The molecule has 0 aliphatic carbocycles. The molecule has 2 aromatic rings. The second kappa shape index (κ2) is 6.19. The molecule has 4 heteroatoms. The van der Waals surface area contributed by atoms with Gasteiger partial charge in [-0.25, -0.2) is 0 Å². The number of nitrogens with zero attached hydrogens (tertiary/aromatic N) is 1. The number of carbonyl (C=O) groups excluding carboxylic acids is 1. The number of hydrogen-bond acceptors (Lipinski definition) is 2. The van der Waals surface area contributed by atoms with Gasteiger partial charge in [0.1, 0.15) is 0 Å². The summed E-state index contributed by atoms with van der Waals surface area (Å²) in [5.74, 6) is 0.488. The molecule has 0 saturated carbocycles. The first kappa shape index (κ1) is 14.1. The molecule has 1 aromatic carbocycles. The van der Waals surface area contributed by atoms with Crippen molar-refractivity contribution in [1.29, 1.82) is 0 Å². The van der Waals surface area contributed by atoms with Crippen molar-refractivity contribution in [1.82, 2.24) is 0 Å². The van der Waals surface area contributed by atoms with E-state index in [9.17, 15) is 9.90 Å². The predicted molar refractivity (Wildman–Crippen MR) is 77.5 cm³/mol. The predicted octanol–water partition coefficient (Wildman–Crippen LogP) is 2.44. The Morgan fingerprint density at radius 3 is 2.55 bits per heavy atom. The summed E-state index contributed by atoms with van der Waals surface area (Å²) in [4.78, 5) is 11.9. The molecular weight excluding hydrogens is 252 g/mol. The molecule has 0 aliphatic rings. The fraction of sp³-hybridized carbons (Fsp3) is 0.250. The molecule has 20 heavy (non-hydrogen) atoms. The number of anilines is 1. The van der Waals surface area contributed by atoms with Crippen molar-refractivity contribution < 1.29 is 14.5 Å². The number of amides is 1. The molecule has 0 unspecified atom stereocenters. The van der Waals surface area contributed by atoms with E-state index in [0.29, 0.717) is 5.92 Å². The molecule has 0 spiro atoms. The van der Waals surface area contributed by atoms with Crippen molar-refractivity contribution in [2.75, 3.05) is 5.32 Å². The largest absolute Gasteiger partial charge is 0.503 e. The molecule has 0 bridgehead atoms. The minimum atomic E-state index is -0.127. The number of nitrogens with one attached hydrogen (secondary N) is 1. The van der Waals surface area contributed by atoms with E-state index in [2.05, 4.69) is 19.2 Å². The van der Waals surface area contributed by atoms with Gasteiger partial charge in [-0.3, -0.25) is 4.79 Å². The average Bonchev–Trinajstić information content (AvgIpc) is 2.39. The number of hydrogen-bond donors (Lipinski definition) is 2. The first-order valence-electron chi connectivity index (χ1n) is 6.62. The molecule has 2 rings (SSSR count). The lowest BCUT2D eigenvalue weighted by atomic mass is 10.0. The van der Waals surface area contributed by atoms with Crippen LogP contribution in [0.4, 0.5) is 5.69 Å². The summed E-state index contributed by atoms with van der Waals surface area (Å²) in [7, 11) is 0. The second-order valence-corrected chi connectivity index (χ2v) is 5.06. The number of aromatic nitrogens is 1. The van der Waals surface area contributed by atoms with Crippen LogP contribution < -0.4 is 9.88 Å². The van der Waals surface area contributed by atoms with Crippen molar-refractivity contribution in [3.63, 3.8) is 0 Å². The van der Waals surface area contributed by atoms with Crippen LogP contribution in [-0.2, 0) is 11.3 Å². The summed E-state index contributed by atoms with van der Waals surface area (Å²) in [5, 5.41) is 12.2.